The average molecular weight is 251 g/mol. The van der Waals surface area contributed by atoms with Gasteiger partial charge in [-0.2, -0.15) is 0 Å². The quantitative estimate of drug-likeness (QED) is 0.778. The van der Waals surface area contributed by atoms with Crippen LogP contribution in [0.1, 0.15) is 24.9 Å². The van der Waals surface area contributed by atoms with Gasteiger partial charge in [0, 0.05) is 19.7 Å². The lowest BCUT2D eigenvalue weighted by molar-refractivity contribution is -0.132. The van der Waals surface area contributed by atoms with Gasteiger partial charge in [-0.25, -0.2) is 0 Å². The zero-order valence-electron chi connectivity index (χ0n) is 11.5. The van der Waals surface area contributed by atoms with E-state index in [0.717, 1.165) is 11.3 Å². The predicted molar refractivity (Wildman–Crippen MR) is 70.7 cm³/mol. The van der Waals surface area contributed by atoms with Crippen molar-refractivity contribution in [1.82, 2.24) is 4.90 Å². The topological polar surface area (TPSA) is 38.8 Å². The van der Waals surface area contributed by atoms with Crippen LogP contribution in [-0.4, -0.2) is 38.7 Å². The maximum Gasteiger partial charge on any atom is 0.225 e. The Balaban J connectivity index is 2.79. The van der Waals surface area contributed by atoms with Gasteiger partial charge in [-0.05, 0) is 13.0 Å². The number of para-hydroxylation sites is 1. The van der Waals surface area contributed by atoms with Crippen molar-refractivity contribution >= 4 is 5.91 Å². The van der Waals surface area contributed by atoms with Crippen molar-refractivity contribution in [3.05, 3.63) is 29.8 Å². The van der Waals surface area contributed by atoms with Crippen LogP contribution in [0.3, 0.4) is 0 Å². The number of amides is 1. The molecule has 4 heteroatoms. The van der Waals surface area contributed by atoms with Gasteiger partial charge in [0.05, 0.1) is 26.2 Å². The molecule has 0 aliphatic rings. The van der Waals surface area contributed by atoms with E-state index in [9.17, 15) is 4.79 Å². The molecule has 0 aliphatic carbocycles. The molecular formula is C14H21NO3. The monoisotopic (exact) mass is 251 g/mol. The second kappa shape index (κ2) is 7.01. The summed E-state index contributed by atoms with van der Waals surface area (Å²) in [6.07, 6.45) is 0.395. The number of ether oxygens (including phenoxy) is 2. The van der Waals surface area contributed by atoms with Gasteiger partial charge >= 0.3 is 0 Å². The minimum atomic E-state index is -0.0227. The molecule has 1 aromatic rings. The first-order valence-corrected chi connectivity index (χ1v) is 5.99. The smallest absolute Gasteiger partial charge is 0.225 e. The van der Waals surface area contributed by atoms with E-state index in [-0.39, 0.29) is 11.9 Å². The minimum Gasteiger partial charge on any atom is -0.496 e. The maximum absolute atomic E-state index is 11.9. The number of methoxy groups -OCH3 is 2. The summed E-state index contributed by atoms with van der Waals surface area (Å²) < 4.78 is 10.2. The molecule has 1 rings (SSSR count). The van der Waals surface area contributed by atoms with Gasteiger partial charge in [-0.3, -0.25) is 4.79 Å². The van der Waals surface area contributed by atoms with E-state index in [1.165, 1.54) is 0 Å². The molecule has 0 heterocycles. The van der Waals surface area contributed by atoms with E-state index >= 15 is 0 Å². The number of nitrogens with zero attached hydrogens (tertiary/aromatic N) is 1. The van der Waals surface area contributed by atoms with Gasteiger partial charge in [0.25, 0.3) is 0 Å². The van der Waals surface area contributed by atoms with Crippen molar-refractivity contribution in [3.8, 4) is 5.75 Å². The summed E-state index contributed by atoms with van der Waals surface area (Å²) in [4.78, 5) is 13.6. The van der Waals surface area contributed by atoms with E-state index in [4.69, 9.17) is 9.47 Å². The number of carbonyl (C=O) groups excluding carboxylic acids is 1. The van der Waals surface area contributed by atoms with Crippen LogP contribution < -0.4 is 4.74 Å². The first-order chi connectivity index (χ1) is 8.61. The number of hydrogen-bond donors (Lipinski definition) is 0. The van der Waals surface area contributed by atoms with E-state index in [1.807, 2.05) is 31.2 Å². The Labute approximate surface area is 108 Å². The van der Waals surface area contributed by atoms with E-state index in [1.54, 1.807) is 26.2 Å². The van der Waals surface area contributed by atoms with Crippen LogP contribution in [0.15, 0.2) is 24.3 Å². The van der Waals surface area contributed by atoms with Crippen molar-refractivity contribution in [2.75, 3.05) is 27.9 Å². The maximum atomic E-state index is 11.9. The molecule has 4 nitrogen and oxygen atoms in total. The third-order valence-corrected chi connectivity index (χ3v) is 3.08. The third kappa shape index (κ3) is 3.47. The molecule has 0 saturated heterocycles. The van der Waals surface area contributed by atoms with Crippen LogP contribution in [0.5, 0.6) is 5.75 Å². The van der Waals surface area contributed by atoms with Crippen LogP contribution >= 0.6 is 0 Å². The molecular weight excluding hydrogens is 230 g/mol. The number of rotatable bonds is 6. The molecule has 0 radical (unpaired) electrons. The number of benzene rings is 1. The zero-order chi connectivity index (χ0) is 13.5. The van der Waals surface area contributed by atoms with Gasteiger partial charge in [0.2, 0.25) is 5.91 Å². The van der Waals surface area contributed by atoms with Gasteiger partial charge in [0.15, 0.2) is 0 Å². The minimum absolute atomic E-state index is 0.0227. The molecule has 18 heavy (non-hydrogen) atoms. The molecule has 1 aromatic carbocycles. The van der Waals surface area contributed by atoms with Crippen molar-refractivity contribution in [1.29, 1.82) is 0 Å². The molecule has 0 N–H and O–H groups in total. The van der Waals surface area contributed by atoms with Crippen molar-refractivity contribution < 1.29 is 14.3 Å². The van der Waals surface area contributed by atoms with Gasteiger partial charge in [-0.1, -0.05) is 18.2 Å². The molecule has 0 fully saturated rings. The van der Waals surface area contributed by atoms with Crippen LogP contribution in [0, 0.1) is 0 Å². The molecule has 1 atom stereocenters. The highest BCUT2D eigenvalue weighted by atomic mass is 16.5. The summed E-state index contributed by atoms with van der Waals surface area (Å²) >= 11 is 0. The lowest BCUT2D eigenvalue weighted by atomic mass is 10.1. The summed E-state index contributed by atoms with van der Waals surface area (Å²) in [5, 5.41) is 0. The summed E-state index contributed by atoms with van der Waals surface area (Å²) in [6, 6.07) is 7.72. The molecule has 0 saturated carbocycles. The van der Waals surface area contributed by atoms with Crippen LogP contribution in [0.2, 0.25) is 0 Å². The fourth-order valence-electron chi connectivity index (χ4n) is 1.80. The first-order valence-electron chi connectivity index (χ1n) is 5.99. The molecule has 0 spiro atoms. The summed E-state index contributed by atoms with van der Waals surface area (Å²) in [5.74, 6) is 0.867. The molecule has 0 unspecified atom stereocenters. The Morgan fingerprint density at radius 1 is 1.33 bits per heavy atom. The molecule has 0 bridgehead atoms. The normalized spacial score (nSPS) is 12.0. The Kier molecular flexibility index (Phi) is 5.65. The van der Waals surface area contributed by atoms with Crippen molar-refractivity contribution in [2.24, 2.45) is 0 Å². The molecule has 0 aromatic heterocycles. The van der Waals surface area contributed by atoms with Crippen LogP contribution in [0.25, 0.3) is 0 Å². The highest BCUT2D eigenvalue weighted by molar-refractivity contribution is 5.76. The Hall–Kier alpha value is -1.55. The second-order valence-corrected chi connectivity index (χ2v) is 4.17. The average Bonchev–Trinajstić information content (AvgIpc) is 2.42. The summed E-state index contributed by atoms with van der Waals surface area (Å²) in [5.41, 5.74) is 1.01. The fraction of sp³-hybridized carbons (Fsp3) is 0.500. The number of hydrogen-bond acceptors (Lipinski definition) is 3. The van der Waals surface area contributed by atoms with E-state index < -0.39 is 0 Å². The molecule has 0 aliphatic heterocycles. The summed E-state index contributed by atoms with van der Waals surface area (Å²) in [6.45, 7) is 2.43. The highest BCUT2D eigenvalue weighted by Crippen LogP contribution is 2.28. The van der Waals surface area contributed by atoms with E-state index in [2.05, 4.69) is 0 Å². The van der Waals surface area contributed by atoms with E-state index in [0.29, 0.717) is 13.0 Å². The first kappa shape index (κ1) is 14.5. The zero-order valence-corrected chi connectivity index (χ0v) is 11.5. The predicted octanol–water partition coefficient (Wildman–Crippen LogP) is 2.25. The lowest BCUT2D eigenvalue weighted by Gasteiger charge is -2.26. The second-order valence-electron chi connectivity index (χ2n) is 4.17. The SMILES string of the molecule is COCCC(=O)N(C)[C@H](C)c1ccccc1OC. The van der Waals surface area contributed by atoms with Crippen molar-refractivity contribution in [3.63, 3.8) is 0 Å². The van der Waals surface area contributed by atoms with Crippen LogP contribution in [0.4, 0.5) is 0 Å². The van der Waals surface area contributed by atoms with Crippen LogP contribution in [-0.2, 0) is 9.53 Å². The summed E-state index contributed by atoms with van der Waals surface area (Å²) in [7, 11) is 5.03. The van der Waals surface area contributed by atoms with Gasteiger partial charge in [-0.15, -0.1) is 0 Å². The van der Waals surface area contributed by atoms with Crippen molar-refractivity contribution in [2.45, 2.75) is 19.4 Å². The molecule has 1 amide bonds. The number of carbonyl (C=O) groups is 1. The Bertz CT molecular complexity index is 392. The van der Waals surface area contributed by atoms with Gasteiger partial charge in [0.1, 0.15) is 5.75 Å². The Morgan fingerprint density at radius 2 is 2.00 bits per heavy atom. The Morgan fingerprint density at radius 3 is 2.61 bits per heavy atom. The van der Waals surface area contributed by atoms with Gasteiger partial charge < -0.3 is 14.4 Å². The standard InChI is InChI=1S/C14H21NO3/c1-11(15(2)14(16)9-10-17-3)12-7-5-6-8-13(12)18-4/h5-8,11H,9-10H2,1-4H3/t11-/m1/s1. The molecule has 100 valence electrons. The highest BCUT2D eigenvalue weighted by Gasteiger charge is 2.19. The fourth-order valence-corrected chi connectivity index (χ4v) is 1.80. The third-order valence-electron chi connectivity index (χ3n) is 3.08. The largest absolute Gasteiger partial charge is 0.496 e. The lowest BCUT2D eigenvalue weighted by Crippen LogP contribution is -2.30.